The smallest absolute Gasteiger partial charge is 0.280 e. The number of aromatic hydroxyl groups is 1. The van der Waals surface area contributed by atoms with Gasteiger partial charge in [-0.05, 0) is 43.3 Å². The Bertz CT molecular complexity index is 1240. The summed E-state index contributed by atoms with van der Waals surface area (Å²) in [7, 11) is 0. The van der Waals surface area contributed by atoms with Gasteiger partial charge in [0.15, 0.2) is 0 Å². The normalized spacial score (nSPS) is 15.3. The van der Waals surface area contributed by atoms with Crippen LogP contribution in [0.15, 0.2) is 64.0 Å². The molecule has 0 fully saturated rings. The number of hydrogen-bond donors (Lipinski definition) is 2. The van der Waals surface area contributed by atoms with Crippen LogP contribution in [-0.4, -0.2) is 26.5 Å². The van der Waals surface area contributed by atoms with Gasteiger partial charge in [0.05, 0.1) is 32.7 Å². The minimum absolute atomic E-state index is 0.0658. The summed E-state index contributed by atoms with van der Waals surface area (Å²) in [5.41, 5.74) is 1.02. The van der Waals surface area contributed by atoms with Crippen LogP contribution in [0.2, 0.25) is 10.0 Å². The molecule has 4 rings (SSSR count). The number of benzene rings is 2. The molecular formula is C20H14Cl2N4O3. The number of para-hydroxylation sites is 1. The maximum Gasteiger partial charge on any atom is 0.280 e. The van der Waals surface area contributed by atoms with E-state index in [-0.39, 0.29) is 22.0 Å². The molecule has 146 valence electrons. The van der Waals surface area contributed by atoms with Gasteiger partial charge in [-0.2, -0.15) is 10.1 Å². The van der Waals surface area contributed by atoms with Crippen molar-refractivity contribution in [2.45, 2.75) is 6.92 Å². The molecule has 29 heavy (non-hydrogen) atoms. The Morgan fingerprint density at radius 1 is 1.03 bits per heavy atom. The second-order valence-electron chi connectivity index (χ2n) is 6.31. The first kappa shape index (κ1) is 19.0. The molecule has 0 unspecified atom stereocenters. The second kappa shape index (κ2) is 7.27. The first-order valence-electron chi connectivity index (χ1n) is 8.53. The van der Waals surface area contributed by atoms with Crippen molar-refractivity contribution in [2.75, 3.05) is 5.01 Å². The molecule has 3 aromatic rings. The topological polar surface area (TPSA) is 90.7 Å². The summed E-state index contributed by atoms with van der Waals surface area (Å²) in [6.07, 6.45) is 1.33. The largest absolute Gasteiger partial charge is 0.493 e. The number of hydrazone groups is 1. The van der Waals surface area contributed by atoms with Crippen LogP contribution in [0.1, 0.15) is 12.5 Å². The van der Waals surface area contributed by atoms with Crippen LogP contribution in [0.5, 0.6) is 5.88 Å². The summed E-state index contributed by atoms with van der Waals surface area (Å²) < 4.78 is 1.16. The lowest BCUT2D eigenvalue weighted by molar-refractivity contribution is -0.114. The molecule has 0 saturated carbocycles. The van der Waals surface area contributed by atoms with Gasteiger partial charge in [0.1, 0.15) is 5.56 Å². The zero-order valence-corrected chi connectivity index (χ0v) is 16.6. The number of nitrogens with one attached hydrogen (secondary N) is 1. The summed E-state index contributed by atoms with van der Waals surface area (Å²) in [5.74, 6) is -0.755. The Morgan fingerprint density at radius 3 is 2.45 bits per heavy atom. The molecule has 0 spiro atoms. The van der Waals surface area contributed by atoms with Crippen LogP contribution in [0.4, 0.5) is 5.69 Å². The fourth-order valence-electron chi connectivity index (χ4n) is 2.95. The number of rotatable bonds is 3. The average Bonchev–Trinajstić information content (AvgIpc) is 3.15. The van der Waals surface area contributed by atoms with Crippen molar-refractivity contribution in [1.82, 2.24) is 9.78 Å². The molecule has 1 aliphatic heterocycles. The molecule has 2 N–H and O–H groups in total. The van der Waals surface area contributed by atoms with Gasteiger partial charge in [-0.1, -0.05) is 41.4 Å². The highest BCUT2D eigenvalue weighted by atomic mass is 35.5. The van der Waals surface area contributed by atoms with Gasteiger partial charge in [0, 0.05) is 0 Å². The van der Waals surface area contributed by atoms with E-state index in [1.54, 1.807) is 43.3 Å². The Morgan fingerprint density at radius 2 is 1.76 bits per heavy atom. The average molecular weight is 429 g/mol. The van der Waals surface area contributed by atoms with E-state index in [1.165, 1.54) is 17.2 Å². The first-order valence-corrected chi connectivity index (χ1v) is 9.28. The van der Waals surface area contributed by atoms with Crippen LogP contribution in [0.3, 0.4) is 0 Å². The molecular weight excluding hydrogens is 415 g/mol. The van der Waals surface area contributed by atoms with E-state index in [0.717, 1.165) is 4.68 Å². The Hall–Kier alpha value is -3.29. The number of aromatic nitrogens is 2. The highest BCUT2D eigenvalue weighted by Crippen LogP contribution is 2.29. The maximum atomic E-state index is 12.8. The van der Waals surface area contributed by atoms with Crippen LogP contribution in [0.25, 0.3) is 11.8 Å². The van der Waals surface area contributed by atoms with Gasteiger partial charge in [0.25, 0.3) is 11.5 Å². The maximum absolute atomic E-state index is 12.8. The number of hydrogen-bond acceptors (Lipinski definition) is 4. The molecule has 2 aromatic carbocycles. The van der Waals surface area contributed by atoms with Gasteiger partial charge >= 0.3 is 0 Å². The number of aromatic amines is 1. The van der Waals surface area contributed by atoms with E-state index in [1.807, 2.05) is 6.07 Å². The number of anilines is 1. The van der Waals surface area contributed by atoms with Crippen LogP contribution >= 0.6 is 23.2 Å². The van der Waals surface area contributed by atoms with E-state index in [9.17, 15) is 14.7 Å². The Kier molecular flexibility index (Phi) is 4.77. The third-order valence-electron chi connectivity index (χ3n) is 4.42. The van der Waals surface area contributed by atoms with Crippen LogP contribution in [-0.2, 0) is 4.79 Å². The fourth-order valence-corrected chi connectivity index (χ4v) is 3.24. The molecule has 1 aliphatic rings. The van der Waals surface area contributed by atoms with E-state index in [4.69, 9.17) is 23.2 Å². The van der Waals surface area contributed by atoms with Crippen molar-refractivity contribution in [3.8, 4) is 11.6 Å². The van der Waals surface area contributed by atoms with E-state index < -0.39 is 11.5 Å². The van der Waals surface area contributed by atoms with Crippen molar-refractivity contribution in [2.24, 2.45) is 5.10 Å². The van der Waals surface area contributed by atoms with Gasteiger partial charge in [-0.25, -0.2) is 4.68 Å². The summed E-state index contributed by atoms with van der Waals surface area (Å²) in [5, 5.41) is 19.2. The highest BCUT2D eigenvalue weighted by molar-refractivity contribution is 6.42. The Balaban J connectivity index is 1.75. The van der Waals surface area contributed by atoms with Gasteiger partial charge < -0.3 is 5.11 Å². The van der Waals surface area contributed by atoms with E-state index in [0.29, 0.717) is 22.1 Å². The quantitative estimate of drug-likeness (QED) is 0.617. The van der Waals surface area contributed by atoms with Crippen molar-refractivity contribution in [1.29, 1.82) is 0 Å². The summed E-state index contributed by atoms with van der Waals surface area (Å²) in [6, 6.07) is 13.6. The molecule has 0 atom stereocenters. The fraction of sp³-hybridized carbons (Fsp3) is 0.0500. The van der Waals surface area contributed by atoms with Gasteiger partial charge in [0.2, 0.25) is 5.88 Å². The third kappa shape index (κ3) is 3.35. The Labute approximate surface area is 175 Å². The molecule has 0 saturated heterocycles. The number of H-pyrrole nitrogens is 1. The highest BCUT2D eigenvalue weighted by Gasteiger charge is 2.29. The molecule has 1 amide bonds. The van der Waals surface area contributed by atoms with Gasteiger partial charge in [-0.15, -0.1) is 0 Å². The lowest BCUT2D eigenvalue weighted by atomic mass is 10.1. The second-order valence-corrected chi connectivity index (χ2v) is 7.12. The number of carbonyl (C=O) groups is 1. The zero-order chi connectivity index (χ0) is 20.7. The minimum atomic E-state index is -0.570. The lowest BCUT2D eigenvalue weighted by Crippen LogP contribution is -2.21. The van der Waals surface area contributed by atoms with Crippen molar-refractivity contribution >= 4 is 46.6 Å². The molecule has 0 bridgehead atoms. The third-order valence-corrected chi connectivity index (χ3v) is 5.16. The number of halogens is 2. The molecule has 0 radical (unpaired) electrons. The number of nitrogens with zero attached hydrogens (tertiary/aromatic N) is 3. The molecule has 1 aromatic heterocycles. The van der Waals surface area contributed by atoms with Crippen molar-refractivity contribution in [3.05, 3.63) is 80.1 Å². The molecule has 0 aliphatic carbocycles. The minimum Gasteiger partial charge on any atom is -0.493 e. The standard InChI is InChI=1S/C20H14Cl2N4O3/c1-11-14(19(28)25(23-11)12-5-3-2-4-6-12)10-15-18(27)24-26(20(15)29)13-7-8-16(21)17(22)9-13/h2-10,29H,1H3,(H,24,27)/b14-10-. The predicted octanol–water partition coefficient (Wildman–Crippen LogP) is 3.98. The van der Waals surface area contributed by atoms with Crippen LogP contribution < -0.4 is 10.6 Å². The monoisotopic (exact) mass is 428 g/mol. The summed E-state index contributed by atoms with van der Waals surface area (Å²) in [6.45, 7) is 1.66. The van der Waals surface area contributed by atoms with Crippen molar-refractivity contribution in [3.63, 3.8) is 0 Å². The first-order chi connectivity index (χ1) is 13.9. The SMILES string of the molecule is CC1=NN(c2ccccc2)C(=O)/C1=C\c1c(O)n(-c2ccc(Cl)c(Cl)c2)[nH]c1=O. The van der Waals surface area contributed by atoms with Crippen LogP contribution in [0, 0.1) is 0 Å². The lowest BCUT2D eigenvalue weighted by Gasteiger charge is -2.10. The molecule has 7 nitrogen and oxygen atoms in total. The summed E-state index contributed by atoms with van der Waals surface area (Å²) >= 11 is 11.9. The molecule has 9 heteroatoms. The van der Waals surface area contributed by atoms with Crippen molar-refractivity contribution < 1.29 is 9.90 Å². The summed E-state index contributed by atoms with van der Waals surface area (Å²) in [4.78, 5) is 25.2. The van der Waals surface area contributed by atoms with E-state index in [2.05, 4.69) is 10.2 Å². The molecule has 2 heterocycles. The number of carbonyl (C=O) groups excluding carboxylic acids is 1. The predicted molar refractivity (Wildman–Crippen MR) is 113 cm³/mol. The van der Waals surface area contributed by atoms with Gasteiger partial charge in [-0.3, -0.25) is 14.7 Å². The number of amides is 1. The zero-order valence-electron chi connectivity index (χ0n) is 15.1. The van der Waals surface area contributed by atoms with E-state index >= 15 is 0 Å².